The third-order valence-corrected chi connectivity index (χ3v) is 1.53. The van der Waals surface area contributed by atoms with Crippen LogP contribution in [-0.2, 0) is 4.74 Å². The second-order valence-corrected chi connectivity index (χ2v) is 2.35. The molecule has 0 aromatic rings. The maximum Gasteiger partial charge on any atom is 0.0528 e. The predicted octanol–water partition coefficient (Wildman–Crippen LogP) is 1.80. The number of ether oxygens (including phenoxy) is 1. The molecule has 68 valence electrons. The third kappa shape index (κ3) is 7.56. The molecule has 0 saturated carbocycles. The van der Waals surface area contributed by atoms with Gasteiger partial charge in [0.25, 0.3) is 0 Å². The monoisotopic (exact) mass is 160 g/mol. The van der Waals surface area contributed by atoms with E-state index in [0.717, 1.165) is 13.2 Å². The molecule has 0 amide bonds. The van der Waals surface area contributed by atoms with E-state index in [1.807, 2.05) is 6.92 Å². The van der Waals surface area contributed by atoms with Gasteiger partial charge in [0, 0.05) is 6.61 Å². The lowest BCUT2D eigenvalue weighted by molar-refractivity contribution is 0.123. The van der Waals surface area contributed by atoms with Crippen LogP contribution in [0.2, 0.25) is 0 Å². The van der Waals surface area contributed by atoms with Gasteiger partial charge in [-0.3, -0.25) is 0 Å². The molecule has 0 rings (SSSR count). The molecule has 0 aliphatic rings. The highest BCUT2D eigenvalue weighted by Gasteiger charge is 1.98. The average Bonchev–Trinajstić information content (AvgIpc) is 1.98. The van der Waals surface area contributed by atoms with Gasteiger partial charge >= 0.3 is 0 Å². The van der Waals surface area contributed by atoms with E-state index in [2.05, 4.69) is 26.0 Å². The van der Waals surface area contributed by atoms with E-state index in [1.54, 1.807) is 0 Å². The molecule has 1 atom stereocenters. The zero-order valence-electron chi connectivity index (χ0n) is 7.76. The van der Waals surface area contributed by atoms with E-state index in [9.17, 15) is 0 Å². The SMILES string of the molecule is C/C=C\C(CC)COCC.O. The van der Waals surface area contributed by atoms with Crippen molar-refractivity contribution in [2.75, 3.05) is 13.2 Å². The van der Waals surface area contributed by atoms with Crippen LogP contribution < -0.4 is 0 Å². The van der Waals surface area contributed by atoms with Crippen molar-refractivity contribution in [3.05, 3.63) is 12.2 Å². The zero-order chi connectivity index (χ0) is 7.82. The van der Waals surface area contributed by atoms with Crippen molar-refractivity contribution in [2.45, 2.75) is 27.2 Å². The van der Waals surface area contributed by atoms with Gasteiger partial charge in [0.05, 0.1) is 6.61 Å². The van der Waals surface area contributed by atoms with Gasteiger partial charge in [-0.1, -0.05) is 19.1 Å². The summed E-state index contributed by atoms with van der Waals surface area (Å²) in [5, 5.41) is 0. The Morgan fingerprint density at radius 1 is 1.36 bits per heavy atom. The third-order valence-electron chi connectivity index (χ3n) is 1.53. The molecule has 0 aliphatic carbocycles. The van der Waals surface area contributed by atoms with Crippen LogP contribution in [-0.4, -0.2) is 18.7 Å². The lowest BCUT2D eigenvalue weighted by Crippen LogP contribution is -2.05. The van der Waals surface area contributed by atoms with Crippen molar-refractivity contribution in [1.82, 2.24) is 0 Å². The van der Waals surface area contributed by atoms with Gasteiger partial charge in [-0.05, 0) is 26.2 Å². The number of rotatable bonds is 5. The molecule has 0 aromatic carbocycles. The van der Waals surface area contributed by atoms with Crippen LogP contribution in [0.15, 0.2) is 12.2 Å². The summed E-state index contributed by atoms with van der Waals surface area (Å²) in [5.74, 6) is 0.616. The van der Waals surface area contributed by atoms with Crippen LogP contribution in [0.4, 0.5) is 0 Å². The molecule has 2 nitrogen and oxygen atoms in total. The quantitative estimate of drug-likeness (QED) is 0.565. The Morgan fingerprint density at radius 2 is 2.00 bits per heavy atom. The molecule has 1 unspecified atom stereocenters. The normalized spacial score (nSPS) is 13.0. The molecule has 0 aromatic heterocycles. The lowest BCUT2D eigenvalue weighted by atomic mass is 10.1. The minimum atomic E-state index is 0. The van der Waals surface area contributed by atoms with Gasteiger partial charge < -0.3 is 10.2 Å². The van der Waals surface area contributed by atoms with Crippen molar-refractivity contribution in [2.24, 2.45) is 5.92 Å². The molecule has 2 N–H and O–H groups in total. The molecule has 0 saturated heterocycles. The van der Waals surface area contributed by atoms with E-state index >= 15 is 0 Å². The van der Waals surface area contributed by atoms with E-state index in [4.69, 9.17) is 4.74 Å². The molecule has 0 spiro atoms. The highest BCUT2D eigenvalue weighted by Crippen LogP contribution is 2.04. The van der Waals surface area contributed by atoms with E-state index < -0.39 is 0 Å². The minimum absolute atomic E-state index is 0. The highest BCUT2D eigenvalue weighted by atomic mass is 16.5. The summed E-state index contributed by atoms with van der Waals surface area (Å²) in [6.07, 6.45) is 5.47. The summed E-state index contributed by atoms with van der Waals surface area (Å²) in [4.78, 5) is 0. The van der Waals surface area contributed by atoms with Crippen LogP contribution >= 0.6 is 0 Å². The zero-order valence-corrected chi connectivity index (χ0v) is 7.76. The van der Waals surface area contributed by atoms with Crippen LogP contribution in [0.5, 0.6) is 0 Å². The van der Waals surface area contributed by atoms with Gasteiger partial charge in [0.2, 0.25) is 0 Å². The number of allylic oxidation sites excluding steroid dienone is 1. The first-order chi connectivity index (χ1) is 4.85. The Labute approximate surface area is 69.6 Å². The van der Waals surface area contributed by atoms with E-state index in [1.165, 1.54) is 6.42 Å². The van der Waals surface area contributed by atoms with Gasteiger partial charge in [0.15, 0.2) is 0 Å². The summed E-state index contributed by atoms with van der Waals surface area (Å²) >= 11 is 0. The molecular weight excluding hydrogens is 140 g/mol. The molecule has 11 heavy (non-hydrogen) atoms. The van der Waals surface area contributed by atoms with Crippen molar-refractivity contribution in [1.29, 1.82) is 0 Å². The molecule has 0 fully saturated rings. The predicted molar refractivity (Wildman–Crippen MR) is 48.7 cm³/mol. The lowest BCUT2D eigenvalue weighted by Gasteiger charge is -2.08. The van der Waals surface area contributed by atoms with E-state index in [0.29, 0.717) is 5.92 Å². The summed E-state index contributed by atoms with van der Waals surface area (Å²) in [7, 11) is 0. The van der Waals surface area contributed by atoms with Crippen molar-refractivity contribution in [3.8, 4) is 0 Å². The Bertz CT molecular complexity index is 89.6. The largest absolute Gasteiger partial charge is 0.412 e. The Hall–Kier alpha value is -0.340. The summed E-state index contributed by atoms with van der Waals surface area (Å²) in [6, 6.07) is 0. The number of hydrogen-bond donors (Lipinski definition) is 0. The van der Waals surface area contributed by atoms with Crippen LogP contribution in [0.25, 0.3) is 0 Å². The second kappa shape index (κ2) is 9.66. The van der Waals surface area contributed by atoms with Gasteiger partial charge in [-0.25, -0.2) is 0 Å². The Morgan fingerprint density at radius 3 is 2.36 bits per heavy atom. The summed E-state index contributed by atoms with van der Waals surface area (Å²) < 4.78 is 5.29. The van der Waals surface area contributed by atoms with E-state index in [-0.39, 0.29) is 5.48 Å². The maximum atomic E-state index is 5.29. The second-order valence-electron chi connectivity index (χ2n) is 2.35. The minimum Gasteiger partial charge on any atom is -0.412 e. The molecule has 0 radical (unpaired) electrons. The fraction of sp³-hybridized carbons (Fsp3) is 0.778. The molecule has 0 bridgehead atoms. The Kier molecular flexibility index (Phi) is 11.6. The highest BCUT2D eigenvalue weighted by molar-refractivity contribution is 4.84. The van der Waals surface area contributed by atoms with Crippen LogP contribution in [0.1, 0.15) is 27.2 Å². The van der Waals surface area contributed by atoms with Crippen LogP contribution in [0.3, 0.4) is 0 Å². The van der Waals surface area contributed by atoms with Gasteiger partial charge in [0.1, 0.15) is 0 Å². The summed E-state index contributed by atoms with van der Waals surface area (Å²) in [6.45, 7) is 7.96. The van der Waals surface area contributed by atoms with Gasteiger partial charge in [-0.2, -0.15) is 0 Å². The van der Waals surface area contributed by atoms with Gasteiger partial charge in [-0.15, -0.1) is 0 Å². The molecule has 0 aliphatic heterocycles. The molecule has 2 heteroatoms. The number of hydrogen-bond acceptors (Lipinski definition) is 1. The molecule has 0 heterocycles. The fourth-order valence-electron chi connectivity index (χ4n) is 0.851. The first-order valence-corrected chi connectivity index (χ1v) is 4.05. The maximum absolute atomic E-state index is 5.29. The first kappa shape index (κ1) is 13.3. The molecular formula is C9H20O2. The van der Waals surface area contributed by atoms with Crippen molar-refractivity contribution < 1.29 is 10.2 Å². The Balaban J connectivity index is 0. The smallest absolute Gasteiger partial charge is 0.0528 e. The first-order valence-electron chi connectivity index (χ1n) is 4.05. The standard InChI is InChI=1S/C9H18O.H2O/c1-4-7-9(5-2)8-10-6-3;/h4,7,9H,5-6,8H2,1-3H3;1H2/b7-4-;. The summed E-state index contributed by atoms with van der Waals surface area (Å²) in [5.41, 5.74) is 0. The van der Waals surface area contributed by atoms with Crippen LogP contribution in [0, 0.1) is 5.92 Å². The fourth-order valence-corrected chi connectivity index (χ4v) is 0.851. The van der Waals surface area contributed by atoms with Crippen molar-refractivity contribution >= 4 is 0 Å². The average molecular weight is 160 g/mol. The topological polar surface area (TPSA) is 40.7 Å². The van der Waals surface area contributed by atoms with Crippen molar-refractivity contribution in [3.63, 3.8) is 0 Å².